The third kappa shape index (κ3) is 27.9. The predicted molar refractivity (Wildman–Crippen MR) is 172 cm³/mol. The normalized spacial score (nSPS) is 13.0. The van der Waals surface area contributed by atoms with Crippen LogP contribution < -0.4 is 9.44 Å². The first-order chi connectivity index (χ1) is 19.6. The highest BCUT2D eigenvalue weighted by Gasteiger charge is 2.25. The molecule has 0 amide bonds. The number of carbonyl (C=O) groups is 1. The van der Waals surface area contributed by atoms with Crippen molar-refractivity contribution in [1.82, 2.24) is 9.44 Å². The maximum atomic E-state index is 12.4. The Kier molecular flexibility index (Phi) is 26.4. The fraction of sp³-hybridized carbons (Fsp3) is 0.968. The zero-order chi connectivity index (χ0) is 30.7. The molecule has 0 aliphatic heterocycles. The molecule has 0 aromatic rings. The predicted octanol–water partition coefficient (Wildman–Crippen LogP) is 7.68. The molecule has 10 heteroatoms. The Labute approximate surface area is 253 Å². The summed E-state index contributed by atoms with van der Waals surface area (Å²) in [6.45, 7) is 3.95. The van der Waals surface area contributed by atoms with Crippen molar-refractivity contribution >= 4 is 26.0 Å². The molecule has 0 bridgehead atoms. The summed E-state index contributed by atoms with van der Waals surface area (Å²) in [5.41, 5.74) is 0. The third-order valence-corrected chi connectivity index (χ3v) is 10.6. The lowest BCUT2D eigenvalue weighted by Gasteiger charge is -2.16. The Balaban J connectivity index is 3.99. The van der Waals surface area contributed by atoms with Crippen LogP contribution in [0.3, 0.4) is 0 Å². The van der Waals surface area contributed by atoms with Gasteiger partial charge in [-0.15, -0.1) is 0 Å². The second kappa shape index (κ2) is 26.9. The Hall–Kier alpha value is -0.710. The number of unbranched alkanes of at least 4 members (excludes halogenated alkanes) is 22. The highest BCUT2D eigenvalue weighted by atomic mass is 32.2. The van der Waals surface area contributed by atoms with Gasteiger partial charge in [-0.2, -0.15) is 4.72 Å². The topological polar surface area (TPSA) is 130 Å². The summed E-state index contributed by atoms with van der Waals surface area (Å²) in [5, 5.41) is 9.43. The van der Waals surface area contributed by atoms with Crippen molar-refractivity contribution in [1.29, 1.82) is 0 Å². The van der Waals surface area contributed by atoms with E-state index < -0.39 is 38.6 Å². The molecule has 0 saturated heterocycles. The van der Waals surface area contributed by atoms with E-state index in [-0.39, 0.29) is 11.5 Å². The Morgan fingerprint density at radius 3 is 1.12 bits per heavy atom. The standard InChI is InChI=1S/C31H64N2O6S2/c1-3-5-7-9-11-13-15-17-19-21-23-25-27-40(36,37)32-29-30(31(34)35)33-41(38,39)28-26-24-22-20-18-16-14-12-10-8-6-4-2/h30,32-33H,3-29H2,1-2H3,(H,34,35). The largest absolute Gasteiger partial charge is 0.480 e. The zero-order valence-corrected chi connectivity index (χ0v) is 28.1. The minimum Gasteiger partial charge on any atom is -0.480 e. The molecule has 0 fully saturated rings. The van der Waals surface area contributed by atoms with Crippen LogP contribution in [0.1, 0.15) is 168 Å². The average molecular weight is 625 g/mol. The summed E-state index contributed by atoms with van der Waals surface area (Å²) in [7, 11) is -7.48. The molecular weight excluding hydrogens is 560 g/mol. The van der Waals surface area contributed by atoms with Crippen molar-refractivity contribution in [2.24, 2.45) is 0 Å². The summed E-state index contributed by atoms with van der Waals surface area (Å²) in [6, 6.07) is -1.52. The van der Waals surface area contributed by atoms with Gasteiger partial charge in [0.1, 0.15) is 6.04 Å². The minimum absolute atomic E-state index is 0.0810. The Bertz CT molecular complexity index is 818. The molecule has 0 aromatic carbocycles. The van der Waals surface area contributed by atoms with Crippen LogP contribution in [0.4, 0.5) is 0 Å². The van der Waals surface area contributed by atoms with Crippen LogP contribution in [0, 0.1) is 0 Å². The molecule has 1 atom stereocenters. The van der Waals surface area contributed by atoms with E-state index in [0.717, 1.165) is 38.5 Å². The molecule has 0 heterocycles. The fourth-order valence-electron chi connectivity index (χ4n) is 5.00. The molecule has 0 saturated carbocycles. The number of aliphatic carboxylic acids is 1. The first-order valence-corrected chi connectivity index (χ1v) is 20.1. The van der Waals surface area contributed by atoms with E-state index in [4.69, 9.17) is 0 Å². The SMILES string of the molecule is CCCCCCCCCCCCCCS(=O)(=O)NCC(NS(=O)(=O)CCCCCCCCCCCCCC)C(=O)O. The number of hydrogen-bond donors (Lipinski definition) is 3. The van der Waals surface area contributed by atoms with Gasteiger partial charge in [0.05, 0.1) is 11.5 Å². The van der Waals surface area contributed by atoms with E-state index >= 15 is 0 Å². The number of carboxylic acid groups (broad SMARTS) is 1. The summed E-state index contributed by atoms with van der Waals surface area (Å²) in [4.78, 5) is 11.6. The van der Waals surface area contributed by atoms with Crippen molar-refractivity contribution < 1.29 is 26.7 Å². The number of nitrogens with one attached hydrogen (secondary N) is 2. The van der Waals surface area contributed by atoms with Gasteiger partial charge in [0.25, 0.3) is 0 Å². The Morgan fingerprint density at radius 1 is 0.512 bits per heavy atom. The maximum absolute atomic E-state index is 12.4. The van der Waals surface area contributed by atoms with Crippen molar-refractivity contribution in [3.05, 3.63) is 0 Å². The van der Waals surface area contributed by atoms with E-state index in [2.05, 4.69) is 23.3 Å². The van der Waals surface area contributed by atoms with Crippen LogP contribution >= 0.6 is 0 Å². The monoisotopic (exact) mass is 624 g/mol. The van der Waals surface area contributed by atoms with E-state index in [1.807, 2.05) is 0 Å². The third-order valence-electron chi connectivity index (χ3n) is 7.66. The van der Waals surface area contributed by atoms with Gasteiger partial charge in [-0.25, -0.2) is 21.6 Å². The van der Waals surface area contributed by atoms with Crippen molar-refractivity contribution in [3.8, 4) is 0 Å². The first-order valence-electron chi connectivity index (χ1n) is 16.8. The smallest absolute Gasteiger partial charge is 0.323 e. The number of rotatable bonds is 32. The molecule has 0 radical (unpaired) electrons. The highest BCUT2D eigenvalue weighted by Crippen LogP contribution is 2.13. The second-order valence-corrected chi connectivity index (χ2v) is 15.6. The Morgan fingerprint density at radius 2 is 0.805 bits per heavy atom. The summed E-state index contributed by atoms with van der Waals surface area (Å²) >= 11 is 0. The van der Waals surface area contributed by atoms with Crippen LogP contribution in [0.2, 0.25) is 0 Å². The molecule has 0 rings (SSSR count). The lowest BCUT2D eigenvalue weighted by molar-refractivity contribution is -0.138. The van der Waals surface area contributed by atoms with Crippen molar-refractivity contribution in [2.45, 2.75) is 174 Å². The number of hydrogen-bond acceptors (Lipinski definition) is 5. The zero-order valence-electron chi connectivity index (χ0n) is 26.5. The maximum Gasteiger partial charge on any atom is 0.323 e. The lowest BCUT2D eigenvalue weighted by Crippen LogP contribution is -2.49. The highest BCUT2D eigenvalue weighted by molar-refractivity contribution is 7.89. The van der Waals surface area contributed by atoms with E-state index in [0.29, 0.717) is 12.8 Å². The molecule has 0 aliphatic carbocycles. The molecule has 41 heavy (non-hydrogen) atoms. The lowest BCUT2D eigenvalue weighted by atomic mass is 10.1. The van der Waals surface area contributed by atoms with Crippen molar-refractivity contribution in [2.75, 3.05) is 18.1 Å². The molecule has 0 aromatic heterocycles. The average Bonchev–Trinajstić information content (AvgIpc) is 2.92. The molecule has 0 aliphatic rings. The summed E-state index contributed by atoms with van der Waals surface area (Å²) in [6.07, 6.45) is 27.1. The van der Waals surface area contributed by atoms with Crippen LogP contribution in [0.15, 0.2) is 0 Å². The van der Waals surface area contributed by atoms with Gasteiger partial charge in [0.2, 0.25) is 20.0 Å². The summed E-state index contributed by atoms with van der Waals surface area (Å²) in [5.74, 6) is -1.63. The minimum atomic E-state index is -3.81. The molecule has 1 unspecified atom stereocenters. The van der Waals surface area contributed by atoms with Crippen molar-refractivity contribution in [3.63, 3.8) is 0 Å². The van der Waals surface area contributed by atoms with Gasteiger partial charge in [0.15, 0.2) is 0 Å². The van der Waals surface area contributed by atoms with Crippen LogP contribution in [0.25, 0.3) is 0 Å². The van der Waals surface area contributed by atoms with Gasteiger partial charge < -0.3 is 5.11 Å². The second-order valence-electron chi connectivity index (χ2n) is 11.8. The van der Waals surface area contributed by atoms with Crippen LogP contribution in [0.5, 0.6) is 0 Å². The molecule has 0 spiro atoms. The van der Waals surface area contributed by atoms with Gasteiger partial charge in [-0.3, -0.25) is 4.79 Å². The summed E-state index contributed by atoms with van der Waals surface area (Å²) < 4.78 is 53.9. The number of sulfonamides is 2. The molecule has 8 nitrogen and oxygen atoms in total. The van der Waals surface area contributed by atoms with Gasteiger partial charge in [0, 0.05) is 6.54 Å². The molecule has 246 valence electrons. The quantitative estimate of drug-likeness (QED) is 0.0658. The van der Waals surface area contributed by atoms with E-state index in [1.54, 1.807) is 0 Å². The first kappa shape index (κ1) is 40.3. The van der Waals surface area contributed by atoms with E-state index in [1.165, 1.54) is 103 Å². The van der Waals surface area contributed by atoms with Gasteiger partial charge >= 0.3 is 5.97 Å². The van der Waals surface area contributed by atoms with Gasteiger partial charge in [-0.05, 0) is 12.8 Å². The molecule has 3 N–H and O–H groups in total. The van der Waals surface area contributed by atoms with Crippen LogP contribution in [-0.2, 0) is 24.8 Å². The molecular formula is C31H64N2O6S2. The van der Waals surface area contributed by atoms with Gasteiger partial charge in [-0.1, -0.05) is 155 Å². The number of carboxylic acids is 1. The van der Waals surface area contributed by atoms with E-state index in [9.17, 15) is 26.7 Å². The fourth-order valence-corrected chi connectivity index (χ4v) is 7.47. The van der Waals surface area contributed by atoms with Crippen LogP contribution in [-0.4, -0.2) is 52.0 Å².